The minimum absolute atomic E-state index is 0.000717. The zero-order valence-corrected chi connectivity index (χ0v) is 33.5. The molecule has 62 heavy (non-hydrogen) atoms. The molecular formula is C43H43FN8O10. The molecule has 19 heteroatoms. The Hall–Kier alpha value is -7.31. The van der Waals surface area contributed by atoms with E-state index < -0.39 is 53.9 Å². The predicted octanol–water partition coefficient (Wildman–Crippen LogP) is 1.21. The first-order chi connectivity index (χ1) is 29.9. The van der Waals surface area contributed by atoms with Crippen molar-refractivity contribution in [2.24, 2.45) is 0 Å². The maximum absolute atomic E-state index is 14.9. The lowest BCUT2D eigenvalue weighted by Gasteiger charge is -2.35. The van der Waals surface area contributed by atoms with Gasteiger partial charge in [0.05, 0.1) is 27.8 Å². The second-order valence-corrected chi connectivity index (χ2v) is 15.0. The number of aromatic amines is 1. The summed E-state index contributed by atoms with van der Waals surface area (Å²) in [7, 11) is 0. The fraction of sp³-hybridized carbons (Fsp3) is 0.349. The van der Waals surface area contributed by atoms with Gasteiger partial charge >= 0.3 is 0 Å². The molecule has 0 radical (unpaired) electrons. The van der Waals surface area contributed by atoms with E-state index in [1.165, 1.54) is 35.2 Å². The zero-order chi connectivity index (χ0) is 43.9. The van der Waals surface area contributed by atoms with Gasteiger partial charge in [0, 0.05) is 70.3 Å². The van der Waals surface area contributed by atoms with E-state index in [2.05, 4.69) is 26.1 Å². The molecule has 3 aliphatic heterocycles. The van der Waals surface area contributed by atoms with Crippen molar-refractivity contribution in [1.29, 1.82) is 0 Å². The summed E-state index contributed by atoms with van der Waals surface area (Å²) in [5, 5.41) is 15.3. The van der Waals surface area contributed by atoms with Crippen LogP contribution in [0.25, 0.3) is 10.8 Å². The van der Waals surface area contributed by atoms with Gasteiger partial charge in [0.1, 0.15) is 17.6 Å². The van der Waals surface area contributed by atoms with E-state index in [0.29, 0.717) is 34.9 Å². The number of nitrogens with one attached hydrogen (secondary N) is 4. The Balaban J connectivity index is 0.773. The van der Waals surface area contributed by atoms with Gasteiger partial charge in [-0.2, -0.15) is 5.10 Å². The van der Waals surface area contributed by atoms with Crippen LogP contribution in [0.1, 0.15) is 80.9 Å². The van der Waals surface area contributed by atoms with Crippen LogP contribution in [0.5, 0.6) is 5.75 Å². The fourth-order valence-corrected chi connectivity index (χ4v) is 7.66. The van der Waals surface area contributed by atoms with Gasteiger partial charge in [-0.05, 0) is 55.2 Å². The largest absolute Gasteiger partial charge is 0.483 e. The molecular weight excluding hydrogens is 808 g/mol. The number of rotatable bonds is 15. The van der Waals surface area contributed by atoms with Gasteiger partial charge in [-0.1, -0.05) is 30.3 Å². The smallest absolute Gasteiger partial charge is 0.272 e. The number of hydrogen-bond acceptors (Lipinski definition) is 11. The number of hydrogen-bond donors (Lipinski definition) is 4. The SMILES string of the molecule is O=C(CCCNC(=O)COc1cccc2c1C(=O)N(C1CCC(=O)NC1=O)C2=O)NCCCC(=O)N1CCN(C(=O)c2cc(Cc3n[nH]c(=O)c4ccccc34)ccc2F)CC1. The first-order valence-electron chi connectivity index (χ1n) is 20.2. The van der Waals surface area contributed by atoms with Crippen molar-refractivity contribution >= 4 is 58.0 Å². The van der Waals surface area contributed by atoms with Crippen LogP contribution in [0.15, 0.2) is 65.5 Å². The Morgan fingerprint density at radius 2 is 1.52 bits per heavy atom. The number of piperazine rings is 1. The van der Waals surface area contributed by atoms with Gasteiger partial charge in [-0.25, -0.2) is 9.49 Å². The highest BCUT2D eigenvalue weighted by Crippen LogP contribution is 2.33. The Kier molecular flexibility index (Phi) is 13.1. The summed E-state index contributed by atoms with van der Waals surface area (Å²) in [6, 6.07) is 14.5. The summed E-state index contributed by atoms with van der Waals surface area (Å²) in [6.07, 6.45) is 1.22. The molecule has 4 heterocycles. The third-order valence-electron chi connectivity index (χ3n) is 10.9. The van der Waals surface area contributed by atoms with E-state index in [1.54, 1.807) is 35.2 Å². The van der Waals surface area contributed by atoms with Gasteiger partial charge in [0.2, 0.25) is 23.6 Å². The monoisotopic (exact) mass is 850 g/mol. The molecule has 0 spiro atoms. The highest BCUT2D eigenvalue weighted by Gasteiger charge is 2.46. The molecule has 0 saturated carbocycles. The topological polar surface area (TPSA) is 237 Å². The van der Waals surface area contributed by atoms with Crippen molar-refractivity contribution in [2.75, 3.05) is 45.9 Å². The molecule has 1 unspecified atom stereocenters. The number of aromatic nitrogens is 2. The van der Waals surface area contributed by atoms with Gasteiger partial charge in [-0.3, -0.25) is 53.4 Å². The Bertz CT molecular complexity index is 2540. The highest BCUT2D eigenvalue weighted by atomic mass is 19.1. The van der Waals surface area contributed by atoms with Gasteiger partial charge in [0.25, 0.3) is 29.2 Å². The number of amides is 8. The van der Waals surface area contributed by atoms with Gasteiger partial charge in [-0.15, -0.1) is 0 Å². The maximum Gasteiger partial charge on any atom is 0.272 e. The molecule has 3 aliphatic rings. The molecule has 3 aromatic carbocycles. The quantitative estimate of drug-likeness (QED) is 0.0980. The highest BCUT2D eigenvalue weighted by molar-refractivity contribution is 6.24. The molecule has 18 nitrogen and oxygen atoms in total. The van der Waals surface area contributed by atoms with Crippen molar-refractivity contribution in [1.82, 2.24) is 40.8 Å². The molecule has 4 aromatic rings. The average Bonchev–Trinajstić information content (AvgIpc) is 3.53. The van der Waals surface area contributed by atoms with E-state index in [4.69, 9.17) is 4.74 Å². The van der Waals surface area contributed by atoms with Gasteiger partial charge < -0.3 is 25.2 Å². The van der Waals surface area contributed by atoms with Crippen LogP contribution in [0.3, 0.4) is 0 Å². The number of ether oxygens (including phenoxy) is 1. The minimum Gasteiger partial charge on any atom is -0.483 e. The normalized spacial score (nSPS) is 16.3. The standard InChI is InChI=1S/C43H43FN8O10/c44-30-13-12-25(23-31-26-6-1-2-7-27(26)39(57)49-48-31)22-29(30)41(59)51-20-18-50(19-21-51)37(56)11-5-17-45-34(53)10-4-16-46-36(55)24-62-33-9-3-8-28-38(33)43(61)52(42(28)60)32-14-15-35(54)47-40(32)58/h1-3,6-9,12-13,22,32H,4-5,10-11,14-21,23-24H2,(H,45,53)(H,46,55)(H,49,57)(H,47,54,58). The molecule has 2 fully saturated rings. The minimum atomic E-state index is -1.14. The summed E-state index contributed by atoms with van der Waals surface area (Å²) in [6.45, 7) is 0.922. The first kappa shape index (κ1) is 42.8. The molecule has 0 bridgehead atoms. The molecule has 322 valence electrons. The molecule has 2 saturated heterocycles. The van der Waals surface area contributed by atoms with Crippen LogP contribution in [0.2, 0.25) is 0 Å². The lowest BCUT2D eigenvalue weighted by atomic mass is 10.0. The number of imide groups is 2. The van der Waals surface area contributed by atoms with Crippen molar-refractivity contribution < 1.29 is 47.5 Å². The van der Waals surface area contributed by atoms with Crippen molar-refractivity contribution in [3.8, 4) is 5.75 Å². The number of H-pyrrole nitrogens is 1. The number of halogens is 1. The summed E-state index contributed by atoms with van der Waals surface area (Å²) in [5.74, 6) is -4.77. The van der Waals surface area contributed by atoms with Crippen LogP contribution >= 0.6 is 0 Å². The first-order valence-corrected chi connectivity index (χ1v) is 20.2. The third kappa shape index (κ3) is 9.51. The molecule has 4 N–H and O–H groups in total. The number of carbonyl (C=O) groups excluding carboxylic acids is 8. The lowest BCUT2D eigenvalue weighted by Crippen LogP contribution is -2.54. The predicted molar refractivity (Wildman–Crippen MR) is 217 cm³/mol. The Morgan fingerprint density at radius 1 is 0.806 bits per heavy atom. The lowest BCUT2D eigenvalue weighted by molar-refractivity contribution is -0.136. The number of carbonyl (C=O) groups is 8. The number of benzene rings is 3. The fourth-order valence-electron chi connectivity index (χ4n) is 7.66. The summed E-state index contributed by atoms with van der Waals surface area (Å²) in [4.78, 5) is 117. The number of piperidine rings is 1. The van der Waals surface area contributed by atoms with E-state index >= 15 is 0 Å². The van der Waals surface area contributed by atoms with Crippen LogP contribution in [-0.2, 0) is 30.4 Å². The van der Waals surface area contributed by atoms with Crippen molar-refractivity contribution in [3.63, 3.8) is 0 Å². The van der Waals surface area contributed by atoms with Crippen molar-refractivity contribution in [2.45, 2.75) is 51.0 Å². The second kappa shape index (κ2) is 18.9. The second-order valence-electron chi connectivity index (χ2n) is 15.0. The molecule has 0 aliphatic carbocycles. The van der Waals surface area contributed by atoms with Crippen LogP contribution in [0, 0.1) is 5.82 Å². The van der Waals surface area contributed by atoms with Gasteiger partial charge in [0.15, 0.2) is 6.61 Å². The van der Waals surface area contributed by atoms with E-state index in [0.717, 1.165) is 4.90 Å². The molecule has 7 rings (SSSR count). The third-order valence-corrected chi connectivity index (χ3v) is 10.9. The molecule has 1 atom stereocenters. The summed E-state index contributed by atoms with van der Waals surface area (Å²) in [5.41, 5.74) is 0.770. The average molecular weight is 851 g/mol. The van der Waals surface area contributed by atoms with Crippen LogP contribution < -0.4 is 26.2 Å². The maximum atomic E-state index is 14.9. The Morgan fingerprint density at radius 3 is 2.27 bits per heavy atom. The van der Waals surface area contributed by atoms with E-state index in [1.807, 2.05) is 0 Å². The summed E-state index contributed by atoms with van der Waals surface area (Å²) < 4.78 is 20.5. The Labute approximate surface area is 353 Å². The molecule has 8 amide bonds. The number of nitrogens with zero attached hydrogens (tertiary/aromatic N) is 4. The zero-order valence-electron chi connectivity index (χ0n) is 33.5. The summed E-state index contributed by atoms with van der Waals surface area (Å²) >= 11 is 0. The van der Waals surface area contributed by atoms with Crippen LogP contribution in [-0.4, -0.2) is 124 Å². The van der Waals surface area contributed by atoms with E-state index in [9.17, 15) is 47.5 Å². The van der Waals surface area contributed by atoms with E-state index in [-0.39, 0.29) is 111 Å². The molecule has 1 aromatic heterocycles. The van der Waals surface area contributed by atoms with Crippen LogP contribution in [0.4, 0.5) is 4.39 Å². The van der Waals surface area contributed by atoms with Crippen molar-refractivity contribution in [3.05, 3.63) is 105 Å². The number of fused-ring (bicyclic) bond motifs is 2.